The van der Waals surface area contributed by atoms with Gasteiger partial charge in [0, 0.05) is 13.2 Å². The van der Waals surface area contributed by atoms with E-state index in [0.29, 0.717) is 0 Å². The molecule has 2 nitrogen and oxygen atoms in total. The predicted octanol–water partition coefficient (Wildman–Crippen LogP) is 2.08. The van der Waals surface area contributed by atoms with E-state index >= 15 is 0 Å². The SMILES string of the molecule is Cc1cc(C)c([Si](CCCO)CCCO)c(C)c1. The van der Waals surface area contributed by atoms with Crippen molar-refractivity contribution in [2.75, 3.05) is 13.2 Å². The zero-order valence-electron chi connectivity index (χ0n) is 11.8. The normalized spacial score (nSPS) is 11.2. The van der Waals surface area contributed by atoms with Gasteiger partial charge in [-0.15, -0.1) is 0 Å². The summed E-state index contributed by atoms with van der Waals surface area (Å²) in [4.78, 5) is 0. The van der Waals surface area contributed by atoms with Crippen molar-refractivity contribution in [2.24, 2.45) is 0 Å². The fraction of sp³-hybridized carbons (Fsp3) is 0.600. The van der Waals surface area contributed by atoms with Crippen molar-refractivity contribution in [3.05, 3.63) is 28.8 Å². The Balaban J connectivity index is 2.95. The maximum atomic E-state index is 9.04. The van der Waals surface area contributed by atoms with Gasteiger partial charge in [0.05, 0.1) is 8.80 Å². The summed E-state index contributed by atoms with van der Waals surface area (Å²) >= 11 is 0. The van der Waals surface area contributed by atoms with Gasteiger partial charge in [-0.1, -0.05) is 46.1 Å². The van der Waals surface area contributed by atoms with Gasteiger partial charge in [-0.25, -0.2) is 0 Å². The van der Waals surface area contributed by atoms with Gasteiger partial charge in [0.25, 0.3) is 0 Å². The van der Waals surface area contributed by atoms with Crippen molar-refractivity contribution in [3.8, 4) is 0 Å². The van der Waals surface area contributed by atoms with Crippen LogP contribution in [-0.2, 0) is 0 Å². The molecule has 0 heterocycles. The molecule has 0 aliphatic carbocycles. The van der Waals surface area contributed by atoms with Gasteiger partial charge in [0.2, 0.25) is 0 Å². The molecule has 0 unspecified atom stereocenters. The van der Waals surface area contributed by atoms with Gasteiger partial charge in [-0.2, -0.15) is 0 Å². The second-order valence-corrected chi connectivity index (χ2v) is 7.74. The molecule has 3 heteroatoms. The zero-order valence-corrected chi connectivity index (χ0v) is 12.8. The lowest BCUT2D eigenvalue weighted by molar-refractivity contribution is 0.292. The first kappa shape index (κ1) is 15.4. The number of benzene rings is 1. The Morgan fingerprint density at radius 3 is 1.72 bits per heavy atom. The van der Waals surface area contributed by atoms with Crippen molar-refractivity contribution in [2.45, 2.75) is 45.7 Å². The molecule has 0 aliphatic rings. The van der Waals surface area contributed by atoms with Crippen molar-refractivity contribution in [1.82, 2.24) is 0 Å². The molecule has 0 amide bonds. The van der Waals surface area contributed by atoms with Gasteiger partial charge in [0.1, 0.15) is 0 Å². The Morgan fingerprint density at radius 2 is 1.33 bits per heavy atom. The summed E-state index contributed by atoms with van der Waals surface area (Å²) in [5.41, 5.74) is 4.09. The summed E-state index contributed by atoms with van der Waals surface area (Å²) in [7, 11) is -0.644. The maximum absolute atomic E-state index is 9.04. The van der Waals surface area contributed by atoms with Crippen LogP contribution in [0.1, 0.15) is 29.5 Å². The van der Waals surface area contributed by atoms with Crippen LogP contribution >= 0.6 is 0 Å². The van der Waals surface area contributed by atoms with Gasteiger partial charge in [0.15, 0.2) is 0 Å². The Morgan fingerprint density at radius 1 is 0.889 bits per heavy atom. The quantitative estimate of drug-likeness (QED) is 0.741. The van der Waals surface area contributed by atoms with E-state index in [0.717, 1.165) is 24.9 Å². The second kappa shape index (κ2) is 7.72. The van der Waals surface area contributed by atoms with Crippen LogP contribution < -0.4 is 5.19 Å². The minimum atomic E-state index is -0.644. The molecule has 1 aromatic rings. The van der Waals surface area contributed by atoms with Crippen LogP contribution in [0.15, 0.2) is 12.1 Å². The smallest absolute Gasteiger partial charge is 0.0865 e. The fourth-order valence-electron chi connectivity index (χ4n) is 2.70. The molecule has 0 saturated carbocycles. The Labute approximate surface area is 112 Å². The average molecular weight is 265 g/mol. The molecule has 101 valence electrons. The fourth-order valence-corrected chi connectivity index (χ4v) is 5.88. The highest BCUT2D eigenvalue weighted by molar-refractivity contribution is 6.74. The number of aliphatic hydroxyl groups is 2. The highest BCUT2D eigenvalue weighted by Gasteiger charge is 2.18. The number of hydrogen-bond donors (Lipinski definition) is 2. The Hall–Kier alpha value is -0.643. The molecule has 0 saturated heterocycles. The summed E-state index contributed by atoms with van der Waals surface area (Å²) < 4.78 is 0. The van der Waals surface area contributed by atoms with E-state index < -0.39 is 8.80 Å². The molecule has 0 aromatic heterocycles. The first-order valence-electron chi connectivity index (χ1n) is 6.74. The number of aryl methyl sites for hydroxylation is 3. The summed E-state index contributed by atoms with van der Waals surface area (Å²) in [5, 5.41) is 19.6. The van der Waals surface area contributed by atoms with Crippen molar-refractivity contribution in [3.63, 3.8) is 0 Å². The van der Waals surface area contributed by atoms with Crippen molar-refractivity contribution < 1.29 is 10.2 Å². The lowest BCUT2D eigenvalue weighted by Crippen LogP contribution is -2.34. The largest absolute Gasteiger partial charge is 0.396 e. The van der Waals surface area contributed by atoms with Crippen molar-refractivity contribution >= 4 is 14.0 Å². The number of aliphatic hydroxyl groups excluding tert-OH is 2. The van der Waals surface area contributed by atoms with Crippen LogP contribution in [0.2, 0.25) is 12.1 Å². The Bertz CT molecular complexity index is 346. The van der Waals surface area contributed by atoms with Gasteiger partial charge in [-0.3, -0.25) is 0 Å². The third-order valence-electron chi connectivity index (χ3n) is 3.30. The van der Waals surface area contributed by atoms with Gasteiger partial charge < -0.3 is 10.2 Å². The van der Waals surface area contributed by atoms with E-state index in [1.54, 1.807) is 0 Å². The van der Waals surface area contributed by atoms with Crippen LogP contribution in [0.4, 0.5) is 0 Å². The molecule has 0 bridgehead atoms. The Kier molecular flexibility index (Phi) is 6.61. The minimum Gasteiger partial charge on any atom is -0.396 e. The summed E-state index contributed by atoms with van der Waals surface area (Å²) in [6.07, 6.45) is 1.76. The topological polar surface area (TPSA) is 40.5 Å². The molecule has 1 aromatic carbocycles. The van der Waals surface area contributed by atoms with E-state index in [9.17, 15) is 0 Å². The van der Waals surface area contributed by atoms with Gasteiger partial charge in [-0.05, 0) is 33.6 Å². The first-order valence-corrected chi connectivity index (χ1v) is 8.66. The summed E-state index contributed by atoms with van der Waals surface area (Å²) in [6, 6.07) is 6.72. The van der Waals surface area contributed by atoms with Gasteiger partial charge >= 0.3 is 0 Å². The standard InChI is InChI=1S/C15H25O2Si/c1-12-10-13(2)15(14(3)11-12)18(8-4-6-16)9-5-7-17/h10-11,16-17H,4-9H2,1-3H3. The van der Waals surface area contributed by atoms with Crippen LogP contribution in [0.5, 0.6) is 0 Å². The minimum absolute atomic E-state index is 0.275. The van der Waals surface area contributed by atoms with E-state index in [2.05, 4.69) is 32.9 Å². The molecule has 0 spiro atoms. The monoisotopic (exact) mass is 265 g/mol. The van der Waals surface area contributed by atoms with E-state index in [-0.39, 0.29) is 13.2 Å². The highest BCUT2D eigenvalue weighted by atomic mass is 28.3. The summed E-state index contributed by atoms with van der Waals surface area (Å²) in [5.74, 6) is 0. The molecule has 0 fully saturated rings. The average Bonchev–Trinajstić information content (AvgIpc) is 2.30. The molecule has 1 radical (unpaired) electrons. The van der Waals surface area contributed by atoms with E-state index in [4.69, 9.17) is 10.2 Å². The summed E-state index contributed by atoms with van der Waals surface area (Å²) in [6.45, 7) is 7.07. The molecule has 0 aliphatic heterocycles. The lowest BCUT2D eigenvalue weighted by Gasteiger charge is -2.20. The molecule has 1 rings (SSSR count). The molecule has 0 atom stereocenters. The van der Waals surface area contributed by atoms with Crippen molar-refractivity contribution in [1.29, 1.82) is 0 Å². The third-order valence-corrected chi connectivity index (χ3v) is 6.71. The second-order valence-electron chi connectivity index (χ2n) is 5.03. The maximum Gasteiger partial charge on any atom is 0.0865 e. The van der Waals surface area contributed by atoms with E-state index in [1.807, 2.05) is 0 Å². The molecular weight excluding hydrogens is 240 g/mol. The van der Waals surface area contributed by atoms with Crippen LogP contribution in [-0.4, -0.2) is 32.2 Å². The third kappa shape index (κ3) is 4.23. The van der Waals surface area contributed by atoms with Crippen LogP contribution in [0.3, 0.4) is 0 Å². The highest BCUT2D eigenvalue weighted by Crippen LogP contribution is 2.14. The lowest BCUT2D eigenvalue weighted by atomic mass is 10.1. The van der Waals surface area contributed by atoms with E-state index in [1.165, 1.54) is 21.9 Å². The number of rotatable bonds is 7. The van der Waals surface area contributed by atoms with Crippen LogP contribution in [0.25, 0.3) is 0 Å². The molecule has 2 N–H and O–H groups in total. The first-order chi connectivity index (χ1) is 8.60. The zero-order chi connectivity index (χ0) is 13.5. The van der Waals surface area contributed by atoms with Crippen LogP contribution in [0, 0.1) is 20.8 Å². The molecular formula is C15H25O2Si. The number of hydrogen-bond acceptors (Lipinski definition) is 2. The molecule has 18 heavy (non-hydrogen) atoms. The predicted molar refractivity (Wildman–Crippen MR) is 79.1 cm³/mol.